The molecule has 3 aromatic heterocycles. The van der Waals surface area contributed by atoms with Gasteiger partial charge < -0.3 is 9.32 Å². The van der Waals surface area contributed by atoms with Gasteiger partial charge in [-0.1, -0.05) is 30.3 Å². The lowest BCUT2D eigenvalue weighted by Gasteiger charge is -2.35. The summed E-state index contributed by atoms with van der Waals surface area (Å²) in [6, 6.07) is 16.2. The highest BCUT2D eigenvalue weighted by Crippen LogP contribution is 2.27. The fourth-order valence-electron chi connectivity index (χ4n) is 4.40. The SMILES string of the molecule is CC(C)n1ncc2c(C(=O)N3CCN(CCc4ccccc4)CC3)cc(-c3ccco3)nc21. The molecular weight excluding hydrogens is 414 g/mol. The number of carbonyl (C=O) groups excluding carboxylic acids is 1. The Balaban J connectivity index is 1.35. The Hall–Kier alpha value is -3.45. The Labute approximate surface area is 193 Å². The van der Waals surface area contributed by atoms with E-state index in [0.717, 1.165) is 31.4 Å². The number of hydrogen-bond donors (Lipinski definition) is 0. The molecule has 0 aliphatic carbocycles. The van der Waals surface area contributed by atoms with Crippen LogP contribution in [-0.4, -0.2) is 63.2 Å². The maximum absolute atomic E-state index is 13.6. The standard InChI is InChI=1S/C26H29N5O2/c1-19(2)31-25-22(18-27-31)21(17-23(28-25)24-9-6-16-33-24)26(32)30-14-12-29(13-15-30)11-10-20-7-4-3-5-8-20/h3-9,16-19H,10-15H2,1-2H3. The summed E-state index contributed by atoms with van der Waals surface area (Å²) in [5.41, 5.74) is 3.35. The highest BCUT2D eigenvalue weighted by Gasteiger charge is 2.26. The first-order chi connectivity index (χ1) is 16.1. The Morgan fingerprint density at radius 1 is 1.06 bits per heavy atom. The van der Waals surface area contributed by atoms with Crippen molar-refractivity contribution in [3.63, 3.8) is 0 Å². The number of furan rings is 1. The minimum absolute atomic E-state index is 0.0289. The van der Waals surface area contributed by atoms with Crippen LogP contribution in [0.2, 0.25) is 0 Å². The van der Waals surface area contributed by atoms with Gasteiger partial charge >= 0.3 is 0 Å². The van der Waals surface area contributed by atoms with Gasteiger partial charge in [0.15, 0.2) is 11.4 Å². The van der Waals surface area contributed by atoms with Gasteiger partial charge in [-0.2, -0.15) is 5.10 Å². The predicted molar refractivity (Wildman–Crippen MR) is 128 cm³/mol. The van der Waals surface area contributed by atoms with Crippen molar-refractivity contribution in [3.05, 3.63) is 72.1 Å². The van der Waals surface area contributed by atoms with E-state index in [4.69, 9.17) is 9.40 Å². The number of rotatable bonds is 6. The Morgan fingerprint density at radius 2 is 1.85 bits per heavy atom. The van der Waals surface area contributed by atoms with Crippen molar-refractivity contribution in [2.75, 3.05) is 32.7 Å². The second kappa shape index (κ2) is 9.19. The second-order valence-corrected chi connectivity index (χ2v) is 8.82. The quantitative estimate of drug-likeness (QED) is 0.445. The third-order valence-corrected chi connectivity index (χ3v) is 6.28. The third-order valence-electron chi connectivity index (χ3n) is 6.28. The molecule has 1 amide bonds. The first-order valence-electron chi connectivity index (χ1n) is 11.6. The fourth-order valence-corrected chi connectivity index (χ4v) is 4.40. The number of piperazine rings is 1. The molecule has 4 heterocycles. The van der Waals surface area contributed by atoms with E-state index in [0.29, 0.717) is 35.8 Å². The topological polar surface area (TPSA) is 67.4 Å². The molecule has 33 heavy (non-hydrogen) atoms. The lowest BCUT2D eigenvalue weighted by atomic mass is 10.1. The van der Waals surface area contributed by atoms with Gasteiger partial charge in [0.2, 0.25) is 0 Å². The van der Waals surface area contributed by atoms with Crippen LogP contribution in [0, 0.1) is 0 Å². The first-order valence-corrected chi connectivity index (χ1v) is 11.6. The van der Waals surface area contributed by atoms with E-state index in [9.17, 15) is 4.79 Å². The summed E-state index contributed by atoms with van der Waals surface area (Å²) < 4.78 is 7.44. The highest BCUT2D eigenvalue weighted by molar-refractivity contribution is 6.06. The van der Waals surface area contributed by atoms with Gasteiger partial charge in [-0.25, -0.2) is 9.67 Å². The number of carbonyl (C=O) groups is 1. The van der Waals surface area contributed by atoms with Gasteiger partial charge in [-0.3, -0.25) is 9.69 Å². The van der Waals surface area contributed by atoms with Crippen LogP contribution >= 0.6 is 0 Å². The molecule has 0 spiro atoms. The number of hydrogen-bond acceptors (Lipinski definition) is 5. The van der Waals surface area contributed by atoms with Crippen molar-refractivity contribution in [2.45, 2.75) is 26.3 Å². The van der Waals surface area contributed by atoms with Gasteiger partial charge in [-0.15, -0.1) is 0 Å². The van der Waals surface area contributed by atoms with Crippen molar-refractivity contribution in [1.82, 2.24) is 24.6 Å². The van der Waals surface area contributed by atoms with Crippen molar-refractivity contribution < 1.29 is 9.21 Å². The molecule has 1 aromatic carbocycles. The van der Waals surface area contributed by atoms with E-state index in [-0.39, 0.29) is 11.9 Å². The number of benzene rings is 1. The van der Waals surface area contributed by atoms with Crippen LogP contribution in [0.25, 0.3) is 22.5 Å². The van der Waals surface area contributed by atoms with Crippen LogP contribution in [0.5, 0.6) is 0 Å². The van der Waals surface area contributed by atoms with E-state index in [1.165, 1.54) is 5.56 Å². The molecule has 1 saturated heterocycles. The van der Waals surface area contributed by atoms with Crippen LogP contribution in [-0.2, 0) is 6.42 Å². The molecule has 1 aliphatic heterocycles. The van der Waals surface area contributed by atoms with Gasteiger partial charge in [0.05, 0.1) is 23.4 Å². The molecule has 0 atom stereocenters. The monoisotopic (exact) mass is 443 g/mol. The molecule has 0 radical (unpaired) electrons. The maximum atomic E-state index is 13.6. The normalized spacial score (nSPS) is 14.9. The minimum Gasteiger partial charge on any atom is -0.463 e. The van der Waals surface area contributed by atoms with Crippen LogP contribution in [0.4, 0.5) is 0 Å². The number of nitrogens with zero attached hydrogens (tertiary/aromatic N) is 5. The van der Waals surface area contributed by atoms with Crippen molar-refractivity contribution >= 4 is 16.9 Å². The van der Waals surface area contributed by atoms with Gasteiger partial charge in [0.25, 0.3) is 5.91 Å². The molecule has 0 bridgehead atoms. The third kappa shape index (κ3) is 4.41. The summed E-state index contributed by atoms with van der Waals surface area (Å²) in [5.74, 6) is 0.675. The van der Waals surface area contributed by atoms with E-state index >= 15 is 0 Å². The Bertz CT molecular complexity index is 1220. The van der Waals surface area contributed by atoms with Gasteiger partial charge in [0.1, 0.15) is 5.69 Å². The summed E-state index contributed by atoms with van der Waals surface area (Å²) in [6.07, 6.45) is 4.41. The Morgan fingerprint density at radius 3 is 2.55 bits per heavy atom. The average molecular weight is 444 g/mol. The molecule has 5 rings (SSSR count). The molecule has 1 aliphatic rings. The maximum Gasteiger partial charge on any atom is 0.254 e. The predicted octanol–water partition coefficient (Wildman–Crippen LogP) is 4.27. The molecular formula is C26H29N5O2. The Kier molecular flexibility index (Phi) is 5.96. The van der Waals surface area contributed by atoms with E-state index < -0.39 is 0 Å². The zero-order valence-corrected chi connectivity index (χ0v) is 19.1. The summed E-state index contributed by atoms with van der Waals surface area (Å²) in [6.45, 7) is 8.31. The summed E-state index contributed by atoms with van der Waals surface area (Å²) >= 11 is 0. The smallest absolute Gasteiger partial charge is 0.254 e. The van der Waals surface area contributed by atoms with Gasteiger partial charge in [0, 0.05) is 38.8 Å². The van der Waals surface area contributed by atoms with Crippen LogP contribution < -0.4 is 0 Å². The summed E-state index contributed by atoms with van der Waals surface area (Å²) in [4.78, 5) is 22.8. The number of pyridine rings is 1. The molecule has 7 heteroatoms. The molecule has 0 N–H and O–H groups in total. The van der Waals surface area contributed by atoms with Crippen LogP contribution in [0.3, 0.4) is 0 Å². The minimum atomic E-state index is 0.0289. The number of aromatic nitrogens is 3. The zero-order chi connectivity index (χ0) is 22.8. The molecule has 1 fully saturated rings. The summed E-state index contributed by atoms with van der Waals surface area (Å²) in [7, 11) is 0. The molecule has 0 unspecified atom stereocenters. The van der Waals surface area contributed by atoms with Crippen molar-refractivity contribution in [3.8, 4) is 11.5 Å². The average Bonchev–Trinajstić information content (AvgIpc) is 3.53. The molecule has 0 saturated carbocycles. The highest BCUT2D eigenvalue weighted by atomic mass is 16.3. The van der Waals surface area contributed by atoms with Crippen molar-refractivity contribution in [1.29, 1.82) is 0 Å². The van der Waals surface area contributed by atoms with Crippen LogP contribution in [0.1, 0.15) is 35.8 Å². The fraction of sp³-hybridized carbons (Fsp3) is 0.346. The largest absolute Gasteiger partial charge is 0.463 e. The van der Waals surface area contributed by atoms with E-state index in [1.54, 1.807) is 12.5 Å². The van der Waals surface area contributed by atoms with Gasteiger partial charge in [-0.05, 0) is 44.0 Å². The van der Waals surface area contributed by atoms with E-state index in [1.807, 2.05) is 33.8 Å². The lowest BCUT2D eigenvalue weighted by Crippen LogP contribution is -2.49. The number of fused-ring (bicyclic) bond motifs is 1. The summed E-state index contributed by atoms with van der Waals surface area (Å²) in [5, 5.41) is 5.30. The molecule has 7 nitrogen and oxygen atoms in total. The van der Waals surface area contributed by atoms with Crippen LogP contribution in [0.15, 0.2) is 65.4 Å². The number of amides is 1. The lowest BCUT2D eigenvalue weighted by molar-refractivity contribution is 0.0640. The second-order valence-electron chi connectivity index (χ2n) is 8.82. The zero-order valence-electron chi connectivity index (χ0n) is 19.1. The first kappa shape index (κ1) is 21.4. The molecule has 4 aromatic rings. The molecule has 170 valence electrons. The van der Waals surface area contributed by atoms with Crippen molar-refractivity contribution in [2.24, 2.45) is 0 Å². The van der Waals surface area contributed by atoms with E-state index in [2.05, 4.69) is 48.1 Å².